The molecule has 0 bridgehead atoms. The molecule has 0 saturated heterocycles. The summed E-state index contributed by atoms with van der Waals surface area (Å²) < 4.78 is 41.6. The molecule has 11 heteroatoms. The molecule has 132 valence electrons. The molecule has 3 rings (SSSR count). The Morgan fingerprint density at radius 3 is 2.52 bits per heavy atom. The number of halogens is 4. The van der Waals surface area contributed by atoms with Crippen molar-refractivity contribution in [3.05, 3.63) is 40.1 Å². The average Bonchev–Trinajstić information content (AvgIpc) is 2.97. The molecule has 3 aromatic rings. The Kier molecular flexibility index (Phi) is 3.94. The Balaban J connectivity index is 2.10. The molecule has 0 aliphatic heterocycles. The molecule has 0 unspecified atom stereocenters. The number of hydrogen-bond donors (Lipinski definition) is 1. The van der Waals surface area contributed by atoms with Crippen molar-refractivity contribution < 1.29 is 18.0 Å². The minimum absolute atomic E-state index is 0.108. The number of aryl methyl sites for hydroxylation is 3. The summed E-state index contributed by atoms with van der Waals surface area (Å²) in [6.07, 6.45) is -3.12. The van der Waals surface area contributed by atoms with Gasteiger partial charge < -0.3 is 5.32 Å². The maximum Gasteiger partial charge on any atom is 0.433 e. The van der Waals surface area contributed by atoms with E-state index in [0.29, 0.717) is 15.9 Å². The van der Waals surface area contributed by atoms with Gasteiger partial charge in [0.15, 0.2) is 11.3 Å². The topological polar surface area (TPSA) is 77.1 Å². The van der Waals surface area contributed by atoms with Gasteiger partial charge >= 0.3 is 6.18 Å². The number of amides is 1. The Morgan fingerprint density at radius 1 is 1.28 bits per heavy atom. The smallest absolute Gasteiger partial charge is 0.318 e. The molecule has 3 aromatic heterocycles. The largest absolute Gasteiger partial charge is 0.433 e. The van der Waals surface area contributed by atoms with Crippen molar-refractivity contribution in [3.8, 4) is 0 Å². The van der Waals surface area contributed by atoms with Crippen LogP contribution in [0.2, 0.25) is 5.02 Å². The average molecular weight is 373 g/mol. The number of fused-ring (bicyclic) bond motifs is 1. The predicted molar refractivity (Wildman–Crippen MR) is 83.6 cm³/mol. The summed E-state index contributed by atoms with van der Waals surface area (Å²) in [5.41, 5.74) is -0.595. The molecule has 0 aliphatic carbocycles. The predicted octanol–water partition coefficient (Wildman–Crippen LogP) is 3.00. The fourth-order valence-electron chi connectivity index (χ4n) is 2.36. The number of aromatic nitrogens is 5. The molecule has 1 amide bonds. The minimum atomic E-state index is -4.67. The van der Waals surface area contributed by atoms with Crippen molar-refractivity contribution in [2.75, 3.05) is 5.32 Å². The number of anilines is 1. The highest BCUT2D eigenvalue weighted by atomic mass is 35.5. The highest BCUT2D eigenvalue weighted by Gasteiger charge is 2.36. The molecule has 0 spiro atoms. The second-order valence-electron chi connectivity index (χ2n) is 5.43. The fraction of sp³-hybridized carbons (Fsp3) is 0.286. The normalized spacial score (nSPS) is 12.0. The van der Waals surface area contributed by atoms with Crippen LogP contribution >= 0.6 is 11.6 Å². The van der Waals surface area contributed by atoms with Gasteiger partial charge in [-0.3, -0.25) is 9.48 Å². The van der Waals surface area contributed by atoms with Crippen LogP contribution in [0.5, 0.6) is 0 Å². The van der Waals surface area contributed by atoms with Gasteiger partial charge in [-0.1, -0.05) is 11.6 Å². The monoisotopic (exact) mass is 372 g/mol. The Labute approximate surface area is 144 Å². The van der Waals surface area contributed by atoms with Gasteiger partial charge in [-0.25, -0.2) is 9.50 Å². The highest BCUT2D eigenvalue weighted by Crippen LogP contribution is 2.32. The Hall–Kier alpha value is -2.62. The van der Waals surface area contributed by atoms with E-state index in [4.69, 9.17) is 11.6 Å². The van der Waals surface area contributed by atoms with Gasteiger partial charge in [-0.2, -0.15) is 23.4 Å². The number of carbonyl (C=O) groups is 1. The first-order chi connectivity index (χ1) is 11.6. The molecule has 25 heavy (non-hydrogen) atoms. The minimum Gasteiger partial charge on any atom is -0.318 e. The standard InChI is InChI=1S/C14H12ClF3N6O/c1-6-4-9(14(16,17)18)24-12(19-6)10(15)11(22-24)13(25)20-8-5-23(3)21-7(8)2/h4-5H,1-3H3,(H,20,25). The molecule has 0 saturated carbocycles. The summed E-state index contributed by atoms with van der Waals surface area (Å²) in [5.74, 6) is -0.752. The number of nitrogens with zero attached hydrogens (tertiary/aromatic N) is 5. The summed E-state index contributed by atoms with van der Waals surface area (Å²) in [5, 5.41) is 10.1. The van der Waals surface area contributed by atoms with E-state index in [-0.39, 0.29) is 22.1 Å². The second-order valence-corrected chi connectivity index (χ2v) is 5.81. The lowest BCUT2D eigenvalue weighted by Gasteiger charge is -2.09. The number of nitrogens with one attached hydrogen (secondary N) is 1. The molecule has 7 nitrogen and oxygen atoms in total. The molecule has 0 aromatic carbocycles. The molecule has 0 atom stereocenters. The zero-order chi connectivity index (χ0) is 18.5. The lowest BCUT2D eigenvalue weighted by molar-refractivity contribution is -0.142. The van der Waals surface area contributed by atoms with Crippen molar-refractivity contribution >= 4 is 28.8 Å². The van der Waals surface area contributed by atoms with Crippen LogP contribution in [0.4, 0.5) is 18.9 Å². The lowest BCUT2D eigenvalue weighted by Crippen LogP contribution is -2.16. The Bertz CT molecular complexity index is 991. The van der Waals surface area contributed by atoms with E-state index in [9.17, 15) is 18.0 Å². The van der Waals surface area contributed by atoms with Crippen molar-refractivity contribution in [1.29, 1.82) is 0 Å². The van der Waals surface area contributed by atoms with Gasteiger partial charge in [0.25, 0.3) is 5.91 Å². The zero-order valence-electron chi connectivity index (χ0n) is 13.3. The van der Waals surface area contributed by atoms with E-state index in [1.807, 2.05) is 0 Å². The highest BCUT2D eigenvalue weighted by molar-refractivity contribution is 6.37. The van der Waals surface area contributed by atoms with Crippen LogP contribution in [-0.2, 0) is 13.2 Å². The van der Waals surface area contributed by atoms with E-state index >= 15 is 0 Å². The van der Waals surface area contributed by atoms with E-state index < -0.39 is 17.8 Å². The molecule has 1 N–H and O–H groups in total. The van der Waals surface area contributed by atoms with Crippen molar-refractivity contribution in [2.24, 2.45) is 7.05 Å². The van der Waals surface area contributed by atoms with Gasteiger partial charge in [0, 0.05) is 18.9 Å². The first-order valence-electron chi connectivity index (χ1n) is 7.02. The van der Waals surface area contributed by atoms with Crippen LogP contribution in [0.15, 0.2) is 12.3 Å². The second kappa shape index (κ2) is 5.73. The zero-order valence-corrected chi connectivity index (χ0v) is 14.1. The third kappa shape index (κ3) is 3.04. The summed E-state index contributed by atoms with van der Waals surface area (Å²) >= 11 is 6.06. The molecule has 0 radical (unpaired) electrons. The summed E-state index contributed by atoms with van der Waals surface area (Å²) in [6, 6.07) is 0.837. The molecular formula is C14H12ClF3N6O. The van der Waals surface area contributed by atoms with Crippen LogP contribution in [0, 0.1) is 13.8 Å². The van der Waals surface area contributed by atoms with Gasteiger partial charge in [0.2, 0.25) is 0 Å². The van der Waals surface area contributed by atoms with Gasteiger partial charge in [0.1, 0.15) is 10.7 Å². The Morgan fingerprint density at radius 2 is 1.96 bits per heavy atom. The van der Waals surface area contributed by atoms with Crippen molar-refractivity contribution in [3.63, 3.8) is 0 Å². The third-order valence-electron chi connectivity index (χ3n) is 3.43. The molecular weight excluding hydrogens is 361 g/mol. The number of hydrogen-bond acceptors (Lipinski definition) is 4. The first-order valence-corrected chi connectivity index (χ1v) is 7.40. The lowest BCUT2D eigenvalue weighted by atomic mass is 10.3. The molecule has 0 fully saturated rings. The van der Waals surface area contributed by atoms with E-state index in [0.717, 1.165) is 6.07 Å². The molecule has 3 heterocycles. The maximum atomic E-state index is 13.2. The molecule has 0 aliphatic rings. The van der Waals surface area contributed by atoms with Gasteiger partial charge in [-0.15, -0.1) is 0 Å². The quantitative estimate of drug-likeness (QED) is 0.750. The van der Waals surface area contributed by atoms with E-state index in [1.54, 1.807) is 20.2 Å². The summed E-state index contributed by atoms with van der Waals surface area (Å²) in [4.78, 5) is 16.3. The summed E-state index contributed by atoms with van der Waals surface area (Å²) in [6.45, 7) is 3.07. The number of alkyl halides is 3. The number of carbonyl (C=O) groups excluding carboxylic acids is 1. The van der Waals surface area contributed by atoms with E-state index in [2.05, 4.69) is 20.5 Å². The number of rotatable bonds is 2. The maximum absolute atomic E-state index is 13.2. The first kappa shape index (κ1) is 17.2. The van der Waals surface area contributed by atoms with Gasteiger partial charge in [0.05, 0.1) is 11.4 Å². The van der Waals surface area contributed by atoms with Crippen LogP contribution in [0.1, 0.15) is 27.6 Å². The van der Waals surface area contributed by atoms with Crippen molar-refractivity contribution in [1.82, 2.24) is 24.4 Å². The van der Waals surface area contributed by atoms with Crippen LogP contribution in [-0.4, -0.2) is 30.3 Å². The fourth-order valence-corrected chi connectivity index (χ4v) is 2.61. The third-order valence-corrected chi connectivity index (χ3v) is 3.78. The van der Waals surface area contributed by atoms with Crippen LogP contribution in [0.3, 0.4) is 0 Å². The summed E-state index contributed by atoms with van der Waals surface area (Å²) in [7, 11) is 1.67. The van der Waals surface area contributed by atoms with Crippen molar-refractivity contribution in [2.45, 2.75) is 20.0 Å². The van der Waals surface area contributed by atoms with Gasteiger partial charge in [-0.05, 0) is 19.9 Å². The van der Waals surface area contributed by atoms with Crippen LogP contribution in [0.25, 0.3) is 5.65 Å². The van der Waals surface area contributed by atoms with E-state index in [1.165, 1.54) is 11.6 Å². The van der Waals surface area contributed by atoms with Crippen LogP contribution < -0.4 is 5.32 Å². The SMILES string of the molecule is Cc1cc(C(F)(F)F)n2nc(C(=O)Nc3cn(C)nc3C)c(Cl)c2n1.